The number of nitrogens with one attached hydrogen (secondary N) is 2. The van der Waals surface area contributed by atoms with Crippen molar-refractivity contribution in [2.24, 2.45) is 0 Å². The number of halogens is 2. The summed E-state index contributed by atoms with van der Waals surface area (Å²) in [5.41, 5.74) is 4.10. The molecule has 0 radical (unpaired) electrons. The average molecular weight is 639 g/mol. The number of aromatic nitrogens is 3. The monoisotopic (exact) mass is 637 g/mol. The predicted molar refractivity (Wildman–Crippen MR) is 161 cm³/mol. The third-order valence-electron chi connectivity index (χ3n) is 6.18. The smallest absolute Gasteiger partial charge is 0.338 e. The van der Waals surface area contributed by atoms with Crippen molar-refractivity contribution in [3.05, 3.63) is 110 Å². The Morgan fingerprint density at radius 1 is 1.12 bits per heavy atom. The fourth-order valence-corrected chi connectivity index (χ4v) is 5.63. The summed E-state index contributed by atoms with van der Waals surface area (Å²) in [6, 6.07) is 21.5. The molecule has 2 N–H and O–H groups in total. The number of nitrogens with zero attached hydrogens (tertiary/aromatic N) is 3. The lowest BCUT2D eigenvalue weighted by Gasteiger charge is -2.28. The van der Waals surface area contributed by atoms with Crippen LogP contribution in [-0.2, 0) is 15.3 Å². The molecule has 0 spiro atoms. The maximum atomic E-state index is 13.7. The highest BCUT2D eigenvalue weighted by Crippen LogP contribution is 2.37. The number of hydrogen-bond donors (Lipinski definition) is 2. The zero-order valence-corrected chi connectivity index (χ0v) is 24.8. The predicted octanol–water partition coefficient (Wildman–Crippen LogP) is 7.09. The lowest BCUT2D eigenvalue weighted by atomic mass is 9.95. The van der Waals surface area contributed by atoms with Gasteiger partial charge in [-0.05, 0) is 73.5 Å². The average Bonchev–Trinajstić information content (AvgIpc) is 3.34. The summed E-state index contributed by atoms with van der Waals surface area (Å²) in [7, 11) is 0. The molecule has 1 amide bonds. The molecule has 11 heteroatoms. The Morgan fingerprint density at radius 2 is 1.88 bits per heavy atom. The van der Waals surface area contributed by atoms with Crippen molar-refractivity contribution >= 4 is 62.8 Å². The molecule has 40 heavy (non-hydrogen) atoms. The number of rotatable bonds is 8. The molecule has 1 unspecified atom stereocenters. The van der Waals surface area contributed by atoms with Gasteiger partial charge in [0.1, 0.15) is 6.04 Å². The molecule has 5 rings (SSSR count). The molecule has 1 atom stereocenters. The topological polar surface area (TPSA) is 98.1 Å². The first-order valence-electron chi connectivity index (χ1n) is 12.5. The molecular weight excluding hydrogens is 614 g/mol. The summed E-state index contributed by atoms with van der Waals surface area (Å²) in [6.07, 6.45) is 0. The van der Waals surface area contributed by atoms with E-state index >= 15 is 0 Å². The van der Waals surface area contributed by atoms with E-state index in [-0.39, 0.29) is 5.91 Å². The van der Waals surface area contributed by atoms with Gasteiger partial charge in [0.15, 0.2) is 0 Å². The number of fused-ring (bicyclic) bond motifs is 1. The molecule has 0 fully saturated rings. The minimum Gasteiger partial charge on any atom is -0.462 e. The van der Waals surface area contributed by atoms with Crippen LogP contribution in [0.15, 0.2) is 93.7 Å². The number of esters is 1. The van der Waals surface area contributed by atoms with Crippen LogP contribution < -0.4 is 10.6 Å². The Balaban J connectivity index is 1.43. The van der Waals surface area contributed by atoms with Crippen molar-refractivity contribution in [1.29, 1.82) is 0 Å². The summed E-state index contributed by atoms with van der Waals surface area (Å²) in [4.78, 5) is 30.4. The SMILES string of the molecule is CCOC(=O)c1ccc(NC(=O)C2=C(C)Nc3nc(SCc4ccc(Cl)cc4)nn3C2c2cccc(Br)c2)cc1. The van der Waals surface area contributed by atoms with E-state index in [1.54, 1.807) is 35.9 Å². The third-order valence-corrected chi connectivity index (χ3v) is 7.83. The van der Waals surface area contributed by atoms with Crippen LogP contribution in [-0.4, -0.2) is 33.2 Å². The van der Waals surface area contributed by atoms with Crippen LogP contribution in [0.2, 0.25) is 5.02 Å². The van der Waals surface area contributed by atoms with E-state index in [4.69, 9.17) is 26.4 Å². The zero-order valence-electron chi connectivity index (χ0n) is 21.7. The standard InChI is InChI=1S/C29H25BrClN5O3S/c1-3-39-27(38)19-9-13-23(14-10-19)33-26(37)24-17(2)32-28-34-29(40-16-18-7-11-22(31)12-8-18)35-36(28)25(24)20-5-4-6-21(30)15-20/h4-15,25H,3,16H2,1-2H3,(H,33,37)(H,32,34,35). The summed E-state index contributed by atoms with van der Waals surface area (Å²) in [5, 5.41) is 12.3. The first-order valence-corrected chi connectivity index (χ1v) is 14.6. The largest absolute Gasteiger partial charge is 0.462 e. The second-order valence-electron chi connectivity index (χ2n) is 8.95. The highest BCUT2D eigenvalue weighted by molar-refractivity contribution is 9.10. The number of ether oxygens (including phenoxy) is 1. The zero-order chi connectivity index (χ0) is 28.2. The molecule has 0 saturated carbocycles. The molecule has 204 valence electrons. The molecule has 0 saturated heterocycles. The number of allylic oxidation sites excluding steroid dienone is 1. The van der Waals surface area contributed by atoms with Crippen LogP contribution >= 0.6 is 39.3 Å². The van der Waals surface area contributed by atoms with Crippen molar-refractivity contribution < 1.29 is 14.3 Å². The van der Waals surface area contributed by atoms with E-state index in [9.17, 15) is 9.59 Å². The number of thioether (sulfide) groups is 1. The van der Waals surface area contributed by atoms with Gasteiger partial charge >= 0.3 is 5.97 Å². The van der Waals surface area contributed by atoms with Gasteiger partial charge < -0.3 is 15.4 Å². The lowest BCUT2D eigenvalue weighted by molar-refractivity contribution is -0.113. The van der Waals surface area contributed by atoms with Crippen molar-refractivity contribution in [2.75, 3.05) is 17.2 Å². The van der Waals surface area contributed by atoms with Crippen LogP contribution in [0.1, 0.15) is 41.4 Å². The normalized spacial score (nSPS) is 14.3. The van der Waals surface area contributed by atoms with Crippen molar-refractivity contribution in [1.82, 2.24) is 14.8 Å². The second-order valence-corrected chi connectivity index (χ2v) is 11.2. The van der Waals surface area contributed by atoms with Gasteiger partial charge in [0, 0.05) is 26.6 Å². The van der Waals surface area contributed by atoms with Crippen LogP contribution in [0.5, 0.6) is 0 Å². The number of anilines is 2. The Bertz CT molecular complexity index is 1590. The Hall–Kier alpha value is -3.60. The van der Waals surface area contributed by atoms with E-state index in [1.807, 2.05) is 55.5 Å². The van der Waals surface area contributed by atoms with E-state index in [1.165, 1.54) is 11.8 Å². The molecule has 2 heterocycles. The molecule has 1 aliphatic heterocycles. The second kappa shape index (κ2) is 12.3. The van der Waals surface area contributed by atoms with Gasteiger partial charge in [0.05, 0.1) is 17.7 Å². The first-order chi connectivity index (χ1) is 19.3. The van der Waals surface area contributed by atoms with Gasteiger partial charge in [-0.2, -0.15) is 4.98 Å². The fraction of sp³-hybridized carbons (Fsp3) is 0.172. The third kappa shape index (κ3) is 6.24. The van der Waals surface area contributed by atoms with Gasteiger partial charge in [-0.1, -0.05) is 63.6 Å². The van der Waals surface area contributed by atoms with Crippen molar-refractivity contribution in [3.8, 4) is 0 Å². The summed E-state index contributed by atoms with van der Waals surface area (Å²) < 4.78 is 7.68. The summed E-state index contributed by atoms with van der Waals surface area (Å²) in [6.45, 7) is 3.90. The quantitative estimate of drug-likeness (QED) is 0.157. The van der Waals surface area contributed by atoms with Crippen LogP contribution in [0.25, 0.3) is 0 Å². The number of amides is 1. The van der Waals surface area contributed by atoms with Crippen LogP contribution in [0.3, 0.4) is 0 Å². The molecule has 1 aliphatic rings. The molecule has 3 aromatic carbocycles. The Labute approximate surface area is 249 Å². The summed E-state index contributed by atoms with van der Waals surface area (Å²) >= 11 is 11.1. The molecule has 0 bridgehead atoms. The lowest BCUT2D eigenvalue weighted by Crippen LogP contribution is -2.31. The van der Waals surface area contributed by atoms with E-state index < -0.39 is 12.0 Å². The molecule has 0 aliphatic carbocycles. The highest BCUT2D eigenvalue weighted by atomic mass is 79.9. The van der Waals surface area contributed by atoms with Gasteiger partial charge in [-0.15, -0.1) is 5.10 Å². The maximum Gasteiger partial charge on any atom is 0.338 e. The van der Waals surface area contributed by atoms with Gasteiger partial charge in [-0.25, -0.2) is 9.48 Å². The summed E-state index contributed by atoms with van der Waals surface area (Å²) in [5.74, 6) is 0.518. The Kier molecular flexibility index (Phi) is 8.58. The minimum atomic E-state index is -0.523. The van der Waals surface area contributed by atoms with Gasteiger partial charge in [-0.3, -0.25) is 4.79 Å². The number of carbonyl (C=O) groups is 2. The van der Waals surface area contributed by atoms with Gasteiger partial charge in [0.25, 0.3) is 5.91 Å². The number of carbonyl (C=O) groups excluding carboxylic acids is 2. The number of benzene rings is 3. The molecular formula is C29H25BrClN5O3S. The van der Waals surface area contributed by atoms with E-state index in [2.05, 4.69) is 26.6 Å². The van der Waals surface area contributed by atoms with Gasteiger partial charge in [0.2, 0.25) is 11.1 Å². The minimum absolute atomic E-state index is 0.292. The highest BCUT2D eigenvalue weighted by Gasteiger charge is 2.34. The molecule has 8 nitrogen and oxygen atoms in total. The van der Waals surface area contributed by atoms with Crippen molar-refractivity contribution in [3.63, 3.8) is 0 Å². The molecule has 4 aromatic rings. The number of hydrogen-bond acceptors (Lipinski definition) is 7. The van der Waals surface area contributed by atoms with E-state index in [0.29, 0.717) is 51.0 Å². The van der Waals surface area contributed by atoms with Crippen molar-refractivity contribution in [2.45, 2.75) is 30.8 Å². The van der Waals surface area contributed by atoms with Crippen LogP contribution in [0, 0.1) is 0 Å². The maximum absolute atomic E-state index is 13.7. The molecule has 1 aromatic heterocycles. The van der Waals surface area contributed by atoms with E-state index in [0.717, 1.165) is 15.6 Å². The first kappa shape index (κ1) is 27.9. The fourth-order valence-electron chi connectivity index (χ4n) is 4.30. The van der Waals surface area contributed by atoms with Crippen LogP contribution in [0.4, 0.5) is 11.6 Å². The Morgan fingerprint density at radius 3 is 2.58 bits per heavy atom.